The predicted molar refractivity (Wildman–Crippen MR) is 81.1 cm³/mol. The fourth-order valence-electron chi connectivity index (χ4n) is 2.68. The van der Waals surface area contributed by atoms with Crippen LogP contribution in [-0.4, -0.2) is 12.4 Å². The van der Waals surface area contributed by atoms with Crippen LogP contribution in [0.4, 0.5) is 23.2 Å². The van der Waals surface area contributed by atoms with Crippen molar-refractivity contribution in [3.63, 3.8) is 0 Å². The lowest BCUT2D eigenvalue weighted by Crippen LogP contribution is -2.35. The summed E-state index contributed by atoms with van der Waals surface area (Å²) in [5.41, 5.74) is 0.739. The van der Waals surface area contributed by atoms with E-state index in [2.05, 4.69) is 4.99 Å². The maximum absolute atomic E-state index is 13.2. The largest absolute Gasteiger partial charge is 0.416 e. The first-order valence-corrected chi connectivity index (χ1v) is 7.11. The minimum Gasteiger partial charge on any atom is -0.345 e. The summed E-state index contributed by atoms with van der Waals surface area (Å²) in [5, 5.41) is 0. The number of hydrogen-bond acceptors (Lipinski definition) is 2. The number of rotatable bonds is 2. The van der Waals surface area contributed by atoms with Gasteiger partial charge in [0.25, 0.3) is 0 Å². The average molecular weight is 322 g/mol. The van der Waals surface area contributed by atoms with E-state index < -0.39 is 17.6 Å². The summed E-state index contributed by atoms with van der Waals surface area (Å²) in [6, 6.07) is 10.1. The smallest absolute Gasteiger partial charge is 0.345 e. The molecule has 1 heterocycles. The minimum absolute atomic E-state index is 0.00461. The second-order valence-electron chi connectivity index (χ2n) is 5.40. The molecule has 2 aromatic rings. The second kappa shape index (κ2) is 5.68. The van der Waals surface area contributed by atoms with Crippen molar-refractivity contribution in [1.82, 2.24) is 0 Å². The Morgan fingerprint density at radius 3 is 2.61 bits per heavy atom. The van der Waals surface area contributed by atoms with Crippen LogP contribution in [0, 0.1) is 5.82 Å². The standard InChI is InChI=1S/C17H14F4N2/c1-11-22-9-12-4-2-3-5-16(12)23(11)10-13-6-7-14(18)8-15(13)17(19,20)21/h2-9,11H,10H2,1H3. The molecule has 1 aliphatic heterocycles. The Labute approximate surface area is 131 Å². The third-order valence-electron chi connectivity index (χ3n) is 3.84. The van der Waals surface area contributed by atoms with Crippen LogP contribution in [0.1, 0.15) is 23.6 Å². The SMILES string of the molecule is CC1N=Cc2ccccc2N1Cc1ccc(F)cc1C(F)(F)F. The van der Waals surface area contributed by atoms with Gasteiger partial charge < -0.3 is 4.90 Å². The van der Waals surface area contributed by atoms with Gasteiger partial charge in [-0.05, 0) is 30.7 Å². The number of hydrogen-bond donors (Lipinski definition) is 0. The Bertz CT molecular complexity index is 752. The van der Waals surface area contributed by atoms with Crippen LogP contribution in [0.3, 0.4) is 0 Å². The molecule has 0 spiro atoms. The van der Waals surface area contributed by atoms with Crippen molar-refractivity contribution in [3.8, 4) is 0 Å². The van der Waals surface area contributed by atoms with Gasteiger partial charge in [-0.15, -0.1) is 0 Å². The van der Waals surface area contributed by atoms with Crippen LogP contribution < -0.4 is 4.90 Å². The summed E-state index contributed by atoms with van der Waals surface area (Å²) in [6.45, 7) is 1.81. The van der Waals surface area contributed by atoms with Gasteiger partial charge >= 0.3 is 6.18 Å². The van der Waals surface area contributed by atoms with Gasteiger partial charge in [0, 0.05) is 24.0 Å². The van der Waals surface area contributed by atoms with Crippen molar-refractivity contribution < 1.29 is 17.6 Å². The zero-order valence-corrected chi connectivity index (χ0v) is 12.3. The highest BCUT2D eigenvalue weighted by molar-refractivity contribution is 5.90. The first kappa shape index (κ1) is 15.5. The van der Waals surface area contributed by atoms with Gasteiger partial charge in [-0.2, -0.15) is 13.2 Å². The molecule has 0 aliphatic carbocycles. The van der Waals surface area contributed by atoms with Crippen molar-refractivity contribution in [2.75, 3.05) is 4.90 Å². The molecule has 23 heavy (non-hydrogen) atoms. The van der Waals surface area contributed by atoms with E-state index in [1.807, 2.05) is 31.2 Å². The molecule has 0 N–H and O–H groups in total. The van der Waals surface area contributed by atoms with Crippen LogP contribution in [0.15, 0.2) is 47.5 Å². The molecule has 0 bridgehead atoms. The zero-order chi connectivity index (χ0) is 16.6. The van der Waals surface area contributed by atoms with Crippen molar-refractivity contribution >= 4 is 11.9 Å². The van der Waals surface area contributed by atoms with E-state index >= 15 is 0 Å². The summed E-state index contributed by atoms with van der Waals surface area (Å²) in [7, 11) is 0. The van der Waals surface area contributed by atoms with E-state index in [0.717, 1.165) is 17.3 Å². The van der Waals surface area contributed by atoms with Crippen LogP contribution in [0.2, 0.25) is 0 Å². The Balaban J connectivity index is 2.01. The maximum atomic E-state index is 13.2. The molecule has 3 rings (SSSR count). The summed E-state index contributed by atoms with van der Waals surface area (Å²) < 4.78 is 52.7. The van der Waals surface area contributed by atoms with Gasteiger partial charge in [0.05, 0.1) is 5.56 Å². The average Bonchev–Trinajstić information content (AvgIpc) is 2.50. The monoisotopic (exact) mass is 322 g/mol. The van der Waals surface area contributed by atoms with Gasteiger partial charge in [0.2, 0.25) is 0 Å². The van der Waals surface area contributed by atoms with E-state index in [1.54, 1.807) is 11.1 Å². The molecule has 6 heteroatoms. The van der Waals surface area contributed by atoms with Crippen molar-refractivity contribution in [2.45, 2.75) is 25.8 Å². The quantitative estimate of drug-likeness (QED) is 0.736. The number of aliphatic imine (C=N–C) groups is 1. The van der Waals surface area contributed by atoms with E-state index in [9.17, 15) is 17.6 Å². The highest BCUT2D eigenvalue weighted by atomic mass is 19.4. The third kappa shape index (κ3) is 3.06. The highest BCUT2D eigenvalue weighted by Crippen LogP contribution is 2.35. The molecule has 1 unspecified atom stereocenters. The van der Waals surface area contributed by atoms with Gasteiger partial charge in [0.1, 0.15) is 12.0 Å². The number of nitrogens with zero attached hydrogens (tertiary/aromatic N) is 2. The molecule has 1 atom stereocenters. The minimum atomic E-state index is -4.60. The zero-order valence-electron chi connectivity index (χ0n) is 12.3. The van der Waals surface area contributed by atoms with E-state index in [-0.39, 0.29) is 18.3 Å². The normalized spacial score (nSPS) is 17.3. The van der Waals surface area contributed by atoms with Gasteiger partial charge in [-0.25, -0.2) is 4.39 Å². The molecule has 0 fully saturated rings. The maximum Gasteiger partial charge on any atom is 0.416 e. The number of para-hydroxylation sites is 1. The number of halogens is 4. The second-order valence-corrected chi connectivity index (χ2v) is 5.40. The molecule has 0 radical (unpaired) electrons. The number of fused-ring (bicyclic) bond motifs is 1. The fourth-order valence-corrected chi connectivity index (χ4v) is 2.68. The molecule has 2 nitrogen and oxygen atoms in total. The highest BCUT2D eigenvalue weighted by Gasteiger charge is 2.34. The van der Waals surface area contributed by atoms with Crippen molar-refractivity contribution in [3.05, 3.63) is 65.0 Å². The topological polar surface area (TPSA) is 15.6 Å². The van der Waals surface area contributed by atoms with E-state index in [4.69, 9.17) is 0 Å². The Kier molecular flexibility index (Phi) is 3.83. The molecule has 0 aromatic heterocycles. The van der Waals surface area contributed by atoms with E-state index in [1.165, 1.54) is 6.07 Å². The summed E-state index contributed by atoms with van der Waals surface area (Å²) in [5.74, 6) is -0.897. The fraction of sp³-hybridized carbons (Fsp3) is 0.235. The number of benzene rings is 2. The number of anilines is 1. The number of alkyl halides is 3. The Morgan fingerprint density at radius 1 is 1.13 bits per heavy atom. The summed E-state index contributed by atoms with van der Waals surface area (Å²) >= 11 is 0. The van der Waals surface area contributed by atoms with Gasteiger partial charge in [-0.1, -0.05) is 24.3 Å². The van der Waals surface area contributed by atoms with Crippen LogP contribution >= 0.6 is 0 Å². The molecule has 2 aromatic carbocycles. The van der Waals surface area contributed by atoms with Crippen LogP contribution in [0.5, 0.6) is 0 Å². The molecule has 1 aliphatic rings. The van der Waals surface area contributed by atoms with Crippen molar-refractivity contribution in [1.29, 1.82) is 0 Å². The Hall–Kier alpha value is -2.37. The third-order valence-corrected chi connectivity index (χ3v) is 3.84. The lowest BCUT2D eigenvalue weighted by molar-refractivity contribution is -0.138. The molecule has 120 valence electrons. The molecule has 0 saturated heterocycles. The van der Waals surface area contributed by atoms with Crippen molar-refractivity contribution in [2.24, 2.45) is 4.99 Å². The molecule has 0 saturated carbocycles. The molecule has 0 amide bonds. The van der Waals surface area contributed by atoms with Gasteiger partial charge in [-0.3, -0.25) is 4.99 Å². The van der Waals surface area contributed by atoms with Gasteiger partial charge in [0.15, 0.2) is 0 Å². The van der Waals surface area contributed by atoms with E-state index in [0.29, 0.717) is 6.07 Å². The Morgan fingerprint density at radius 2 is 1.87 bits per heavy atom. The first-order chi connectivity index (χ1) is 10.9. The lowest BCUT2D eigenvalue weighted by atomic mass is 10.0. The summed E-state index contributed by atoms with van der Waals surface area (Å²) in [4.78, 5) is 6.08. The summed E-state index contributed by atoms with van der Waals surface area (Å²) in [6.07, 6.45) is -3.18. The van der Waals surface area contributed by atoms with Crippen LogP contribution in [-0.2, 0) is 12.7 Å². The molecular formula is C17H14F4N2. The molecular weight excluding hydrogens is 308 g/mol. The predicted octanol–water partition coefficient (Wildman–Crippen LogP) is 4.63. The first-order valence-electron chi connectivity index (χ1n) is 7.11. The lowest BCUT2D eigenvalue weighted by Gasteiger charge is -2.33. The van der Waals surface area contributed by atoms with Crippen LogP contribution in [0.25, 0.3) is 0 Å².